The lowest BCUT2D eigenvalue weighted by Crippen LogP contribution is -2.45. The van der Waals surface area contributed by atoms with Crippen LogP contribution in [0.1, 0.15) is 63.7 Å². The number of nitrogens with one attached hydrogen (secondary N) is 2. The summed E-state index contributed by atoms with van der Waals surface area (Å²) in [4.78, 5) is 21.0. The van der Waals surface area contributed by atoms with Crippen LogP contribution in [-0.4, -0.2) is 67.5 Å². The van der Waals surface area contributed by atoms with Gasteiger partial charge in [-0.25, -0.2) is 0 Å². The lowest BCUT2D eigenvalue weighted by Gasteiger charge is -2.33. The molecular weight excluding hydrogens is 366 g/mol. The van der Waals surface area contributed by atoms with Crippen LogP contribution < -0.4 is 10.6 Å². The fourth-order valence-electron chi connectivity index (χ4n) is 4.53. The summed E-state index contributed by atoms with van der Waals surface area (Å²) in [6.07, 6.45) is 9.20. The van der Waals surface area contributed by atoms with E-state index in [0.717, 1.165) is 63.7 Å². The lowest BCUT2D eigenvalue weighted by molar-refractivity contribution is -0.129. The Morgan fingerprint density at radius 2 is 2.03 bits per heavy atom. The molecule has 2 fully saturated rings. The minimum Gasteiger partial charge on any atom is -0.468 e. The predicted molar refractivity (Wildman–Crippen MR) is 116 cm³/mol. The van der Waals surface area contributed by atoms with Crippen molar-refractivity contribution in [3.8, 4) is 0 Å². The highest BCUT2D eigenvalue weighted by atomic mass is 16.3. The molecule has 7 heteroatoms. The number of hydrogen-bond donors (Lipinski definition) is 2. The van der Waals surface area contributed by atoms with Crippen molar-refractivity contribution in [2.45, 2.75) is 64.0 Å². The first kappa shape index (κ1) is 21.7. The van der Waals surface area contributed by atoms with Crippen LogP contribution in [0.2, 0.25) is 0 Å². The van der Waals surface area contributed by atoms with Gasteiger partial charge in [-0.05, 0) is 57.3 Å². The second-order valence-electron chi connectivity index (χ2n) is 8.05. The molecule has 0 spiro atoms. The van der Waals surface area contributed by atoms with Crippen LogP contribution in [0, 0.1) is 0 Å². The normalized spacial score (nSPS) is 20.7. The Hall–Kier alpha value is -2.02. The monoisotopic (exact) mass is 403 g/mol. The number of carbonyl (C=O) groups is 1. The molecule has 0 aromatic carbocycles. The van der Waals surface area contributed by atoms with E-state index in [0.29, 0.717) is 18.4 Å². The van der Waals surface area contributed by atoms with E-state index in [-0.39, 0.29) is 6.04 Å². The van der Waals surface area contributed by atoms with Crippen LogP contribution in [0.15, 0.2) is 27.8 Å². The van der Waals surface area contributed by atoms with E-state index in [1.54, 1.807) is 13.3 Å². The van der Waals surface area contributed by atoms with Crippen LogP contribution in [0.5, 0.6) is 0 Å². The molecular formula is C22H37N5O2. The van der Waals surface area contributed by atoms with Crippen LogP contribution in [-0.2, 0) is 4.79 Å². The van der Waals surface area contributed by atoms with E-state index in [9.17, 15) is 4.79 Å². The van der Waals surface area contributed by atoms with Crippen molar-refractivity contribution in [3.63, 3.8) is 0 Å². The van der Waals surface area contributed by atoms with Crippen molar-refractivity contribution in [2.75, 3.05) is 39.8 Å². The molecule has 162 valence electrons. The minimum absolute atomic E-state index is 0.217. The van der Waals surface area contributed by atoms with E-state index in [1.807, 2.05) is 6.07 Å². The Morgan fingerprint density at radius 3 is 2.66 bits per heavy atom. The molecule has 3 heterocycles. The zero-order valence-electron chi connectivity index (χ0n) is 18.0. The zero-order valence-corrected chi connectivity index (χ0v) is 18.0. The first-order valence-corrected chi connectivity index (χ1v) is 11.2. The summed E-state index contributed by atoms with van der Waals surface area (Å²) >= 11 is 0. The molecule has 2 aliphatic rings. The fraction of sp³-hybridized carbons (Fsp3) is 0.727. The van der Waals surface area contributed by atoms with Gasteiger partial charge in [-0.3, -0.25) is 14.7 Å². The van der Waals surface area contributed by atoms with Crippen LogP contribution in [0.3, 0.4) is 0 Å². The molecule has 2 aliphatic heterocycles. The third-order valence-electron chi connectivity index (χ3n) is 6.18. The summed E-state index contributed by atoms with van der Waals surface area (Å²) < 4.78 is 5.73. The molecule has 0 radical (unpaired) electrons. The molecule has 1 aromatic rings. The van der Waals surface area contributed by atoms with Gasteiger partial charge in [0.15, 0.2) is 5.96 Å². The second-order valence-corrected chi connectivity index (χ2v) is 8.05. The maximum atomic E-state index is 12.0. The molecule has 2 unspecified atom stereocenters. The van der Waals surface area contributed by atoms with Crippen LogP contribution >= 0.6 is 0 Å². The molecule has 2 saturated heterocycles. The van der Waals surface area contributed by atoms with Crippen molar-refractivity contribution in [3.05, 3.63) is 24.2 Å². The van der Waals surface area contributed by atoms with Crippen molar-refractivity contribution < 1.29 is 9.21 Å². The molecule has 0 saturated carbocycles. The van der Waals surface area contributed by atoms with Gasteiger partial charge in [0, 0.05) is 39.1 Å². The zero-order chi connectivity index (χ0) is 20.5. The number of piperidine rings is 1. The molecule has 3 rings (SSSR count). The average molecular weight is 404 g/mol. The third-order valence-corrected chi connectivity index (χ3v) is 6.18. The highest BCUT2D eigenvalue weighted by Crippen LogP contribution is 2.24. The first-order chi connectivity index (χ1) is 14.2. The standard InChI is InChI=1S/C22H37N5O2/c1-3-18(27-15-7-10-21(27)28)11-12-24-22(23-2)25-17-19(20-9-8-16-29-20)26-13-5-4-6-14-26/h8-9,16,18-19H,3-7,10-15,17H2,1-2H3,(H2,23,24,25). The molecule has 1 aromatic heterocycles. The fourth-order valence-corrected chi connectivity index (χ4v) is 4.53. The molecule has 2 N–H and O–H groups in total. The van der Waals surface area contributed by atoms with E-state index in [2.05, 4.69) is 38.4 Å². The molecule has 29 heavy (non-hydrogen) atoms. The number of nitrogens with zero attached hydrogens (tertiary/aromatic N) is 3. The molecule has 0 bridgehead atoms. The van der Waals surface area contributed by atoms with Gasteiger partial charge >= 0.3 is 0 Å². The summed E-state index contributed by atoms with van der Waals surface area (Å²) in [6.45, 7) is 6.86. The third kappa shape index (κ3) is 5.98. The summed E-state index contributed by atoms with van der Waals surface area (Å²) in [5, 5.41) is 6.91. The Morgan fingerprint density at radius 1 is 1.21 bits per heavy atom. The van der Waals surface area contributed by atoms with Crippen molar-refractivity contribution >= 4 is 11.9 Å². The molecule has 7 nitrogen and oxygen atoms in total. The highest BCUT2D eigenvalue weighted by molar-refractivity contribution is 5.80. The number of aliphatic imine (C=N–C) groups is 1. The number of carbonyl (C=O) groups excluding carboxylic acids is 1. The Balaban J connectivity index is 1.48. The van der Waals surface area contributed by atoms with Crippen LogP contribution in [0.25, 0.3) is 0 Å². The number of likely N-dealkylation sites (tertiary alicyclic amines) is 2. The van der Waals surface area contributed by atoms with Gasteiger partial charge in [-0.1, -0.05) is 13.3 Å². The maximum Gasteiger partial charge on any atom is 0.222 e. The van der Waals surface area contributed by atoms with E-state index >= 15 is 0 Å². The van der Waals surface area contributed by atoms with Gasteiger partial charge in [-0.2, -0.15) is 0 Å². The van der Waals surface area contributed by atoms with Gasteiger partial charge in [0.1, 0.15) is 5.76 Å². The number of furan rings is 1. The number of guanidine groups is 1. The summed E-state index contributed by atoms with van der Waals surface area (Å²) in [6, 6.07) is 4.56. The average Bonchev–Trinajstić information content (AvgIpc) is 3.43. The number of hydrogen-bond acceptors (Lipinski definition) is 4. The van der Waals surface area contributed by atoms with E-state index in [1.165, 1.54) is 19.3 Å². The molecule has 1 amide bonds. The smallest absolute Gasteiger partial charge is 0.222 e. The lowest BCUT2D eigenvalue weighted by atomic mass is 10.1. The highest BCUT2D eigenvalue weighted by Gasteiger charge is 2.27. The number of amides is 1. The number of rotatable bonds is 9. The predicted octanol–water partition coefficient (Wildman–Crippen LogP) is 2.76. The summed E-state index contributed by atoms with van der Waals surface area (Å²) in [5.41, 5.74) is 0. The quantitative estimate of drug-likeness (QED) is 0.490. The Kier molecular flexibility index (Phi) is 8.40. The van der Waals surface area contributed by atoms with Gasteiger partial charge < -0.3 is 20.0 Å². The van der Waals surface area contributed by atoms with Gasteiger partial charge in [0.25, 0.3) is 0 Å². The first-order valence-electron chi connectivity index (χ1n) is 11.2. The summed E-state index contributed by atoms with van der Waals surface area (Å²) in [7, 11) is 1.80. The topological polar surface area (TPSA) is 73.1 Å². The van der Waals surface area contributed by atoms with Crippen molar-refractivity contribution in [1.29, 1.82) is 0 Å². The van der Waals surface area contributed by atoms with Gasteiger partial charge in [0.2, 0.25) is 5.91 Å². The van der Waals surface area contributed by atoms with E-state index < -0.39 is 0 Å². The Bertz CT molecular complexity index is 640. The second kappa shape index (κ2) is 11.2. The molecule has 2 atom stereocenters. The maximum absolute atomic E-state index is 12.0. The van der Waals surface area contributed by atoms with E-state index in [4.69, 9.17) is 4.42 Å². The van der Waals surface area contributed by atoms with Crippen molar-refractivity contribution in [2.24, 2.45) is 4.99 Å². The summed E-state index contributed by atoms with van der Waals surface area (Å²) in [5.74, 6) is 2.12. The van der Waals surface area contributed by atoms with Gasteiger partial charge in [0.05, 0.1) is 12.3 Å². The SMILES string of the molecule is CCC(CCNC(=NC)NCC(c1ccco1)N1CCCCC1)N1CCCC1=O. The van der Waals surface area contributed by atoms with Gasteiger partial charge in [-0.15, -0.1) is 0 Å². The largest absolute Gasteiger partial charge is 0.468 e. The van der Waals surface area contributed by atoms with Crippen molar-refractivity contribution in [1.82, 2.24) is 20.4 Å². The minimum atomic E-state index is 0.217. The van der Waals surface area contributed by atoms with Crippen LogP contribution in [0.4, 0.5) is 0 Å². The Labute approximate surface area is 174 Å². The molecule has 0 aliphatic carbocycles.